The van der Waals surface area contributed by atoms with Crippen molar-refractivity contribution < 1.29 is 20.1 Å². The third kappa shape index (κ3) is 2.61. The second-order valence-electron chi connectivity index (χ2n) is 4.15. The summed E-state index contributed by atoms with van der Waals surface area (Å²) in [5, 5.41) is 28.8. The zero-order valence-corrected chi connectivity index (χ0v) is 12.0. The molecule has 0 unspecified atom stereocenters. The summed E-state index contributed by atoms with van der Waals surface area (Å²) >= 11 is 3.23. The lowest BCUT2D eigenvalue weighted by Crippen LogP contribution is -2.08. The molecule has 1 rings (SSSR count). The summed E-state index contributed by atoms with van der Waals surface area (Å²) in [7, 11) is 0. The van der Waals surface area contributed by atoms with Crippen LogP contribution in [0.25, 0.3) is 0 Å². The number of hydrogen-bond acceptors (Lipinski definition) is 3. The highest BCUT2D eigenvalue weighted by Gasteiger charge is 2.25. The van der Waals surface area contributed by atoms with Crippen LogP contribution in [0.5, 0.6) is 11.5 Å². The Balaban J connectivity index is 3.62. The van der Waals surface area contributed by atoms with E-state index < -0.39 is 17.5 Å². The van der Waals surface area contributed by atoms with Gasteiger partial charge in [0.25, 0.3) is 0 Å². The van der Waals surface area contributed by atoms with Crippen LogP contribution in [0.15, 0.2) is 4.47 Å². The normalized spacial score (nSPS) is 10.6. The van der Waals surface area contributed by atoms with Crippen LogP contribution in [0, 0.1) is 0 Å². The fourth-order valence-electron chi connectivity index (χ4n) is 2.06. The van der Waals surface area contributed by atoms with Crippen LogP contribution < -0.4 is 0 Å². The van der Waals surface area contributed by atoms with Crippen LogP contribution in [-0.2, 0) is 12.8 Å². The molecule has 0 amide bonds. The number of phenolic OH excluding ortho intramolecular Hbond substituents is 1. The maximum absolute atomic E-state index is 11.3. The largest absolute Gasteiger partial charge is 0.504 e. The van der Waals surface area contributed by atoms with E-state index in [1.165, 1.54) is 0 Å². The van der Waals surface area contributed by atoms with Crippen molar-refractivity contribution >= 4 is 21.9 Å². The predicted molar refractivity (Wildman–Crippen MR) is 72.4 cm³/mol. The Morgan fingerprint density at radius 1 is 1.06 bits per heavy atom. The molecule has 100 valence electrons. The highest BCUT2D eigenvalue weighted by atomic mass is 79.9. The molecule has 0 saturated heterocycles. The van der Waals surface area contributed by atoms with Gasteiger partial charge in [0.05, 0.1) is 4.47 Å². The molecule has 5 heteroatoms. The van der Waals surface area contributed by atoms with Crippen molar-refractivity contribution in [3.05, 3.63) is 21.2 Å². The van der Waals surface area contributed by atoms with Crippen molar-refractivity contribution in [1.29, 1.82) is 0 Å². The molecular weight excluding hydrogens is 300 g/mol. The van der Waals surface area contributed by atoms with Crippen LogP contribution in [0.3, 0.4) is 0 Å². The smallest absolute Gasteiger partial charge is 0.339 e. The fraction of sp³-hybridized carbons (Fsp3) is 0.462. The summed E-state index contributed by atoms with van der Waals surface area (Å²) in [5.41, 5.74) is 1.20. The van der Waals surface area contributed by atoms with Gasteiger partial charge in [0.2, 0.25) is 0 Å². The highest BCUT2D eigenvalue weighted by molar-refractivity contribution is 9.10. The molecule has 0 bridgehead atoms. The number of aromatic carboxylic acids is 1. The standard InChI is InChI=1S/C13H17BrO4/c1-3-5-7-8(6-4-2)10(14)12(16)11(15)9(7)13(17)18/h15-16H,3-6H2,1-2H3,(H,17,18). The molecule has 0 radical (unpaired) electrons. The fourth-order valence-corrected chi connectivity index (χ4v) is 2.68. The lowest BCUT2D eigenvalue weighted by molar-refractivity contribution is 0.0691. The van der Waals surface area contributed by atoms with Crippen molar-refractivity contribution in [1.82, 2.24) is 0 Å². The number of rotatable bonds is 5. The van der Waals surface area contributed by atoms with E-state index in [4.69, 9.17) is 0 Å². The van der Waals surface area contributed by atoms with Gasteiger partial charge in [-0.15, -0.1) is 0 Å². The Bertz CT molecular complexity index is 469. The van der Waals surface area contributed by atoms with Crippen molar-refractivity contribution in [2.24, 2.45) is 0 Å². The summed E-state index contributed by atoms with van der Waals surface area (Å²) in [5.74, 6) is -2.16. The molecule has 0 aliphatic carbocycles. The van der Waals surface area contributed by atoms with E-state index in [1.54, 1.807) is 0 Å². The quantitative estimate of drug-likeness (QED) is 0.727. The van der Waals surface area contributed by atoms with E-state index in [0.717, 1.165) is 18.4 Å². The molecule has 4 nitrogen and oxygen atoms in total. The molecule has 0 aliphatic rings. The molecule has 1 aromatic rings. The lowest BCUT2D eigenvalue weighted by atomic mass is 9.93. The van der Waals surface area contributed by atoms with E-state index in [1.807, 2.05) is 13.8 Å². The number of carbonyl (C=O) groups is 1. The first-order valence-corrected chi connectivity index (χ1v) is 6.73. The van der Waals surface area contributed by atoms with Crippen LogP contribution in [-0.4, -0.2) is 21.3 Å². The maximum Gasteiger partial charge on any atom is 0.339 e. The van der Waals surface area contributed by atoms with Crippen LogP contribution >= 0.6 is 15.9 Å². The van der Waals surface area contributed by atoms with Crippen LogP contribution in [0.2, 0.25) is 0 Å². The third-order valence-electron chi connectivity index (χ3n) is 2.81. The number of hydrogen-bond donors (Lipinski definition) is 3. The monoisotopic (exact) mass is 316 g/mol. The zero-order valence-electron chi connectivity index (χ0n) is 10.5. The number of carboxylic acids is 1. The molecule has 0 aromatic heterocycles. The van der Waals surface area contributed by atoms with Crippen LogP contribution in [0.1, 0.15) is 48.2 Å². The molecule has 0 aliphatic heterocycles. The van der Waals surface area contributed by atoms with Gasteiger partial charge in [-0.3, -0.25) is 0 Å². The van der Waals surface area contributed by atoms with Gasteiger partial charge >= 0.3 is 5.97 Å². The maximum atomic E-state index is 11.3. The summed E-state index contributed by atoms with van der Waals surface area (Å²) in [6.45, 7) is 3.92. The summed E-state index contributed by atoms with van der Waals surface area (Å²) in [6.07, 6.45) is 2.82. The summed E-state index contributed by atoms with van der Waals surface area (Å²) < 4.78 is 0.398. The average Bonchev–Trinajstić information content (AvgIpc) is 2.31. The molecular formula is C13H17BrO4. The van der Waals surface area contributed by atoms with E-state index in [0.29, 0.717) is 22.9 Å². The molecule has 0 atom stereocenters. The molecule has 1 aromatic carbocycles. The van der Waals surface area contributed by atoms with Gasteiger partial charge in [0.1, 0.15) is 5.56 Å². The Labute approximate surface area is 114 Å². The first kappa shape index (κ1) is 14.8. The molecule has 0 fully saturated rings. The number of benzene rings is 1. The first-order chi connectivity index (χ1) is 8.45. The minimum Gasteiger partial charge on any atom is -0.504 e. The lowest BCUT2D eigenvalue weighted by Gasteiger charge is -2.17. The van der Waals surface area contributed by atoms with Gasteiger partial charge in [0, 0.05) is 0 Å². The van der Waals surface area contributed by atoms with E-state index in [-0.39, 0.29) is 5.56 Å². The number of aromatic hydroxyl groups is 2. The topological polar surface area (TPSA) is 77.8 Å². The number of phenols is 2. The SMILES string of the molecule is CCCc1c(Br)c(O)c(O)c(C(=O)O)c1CCC. The molecule has 18 heavy (non-hydrogen) atoms. The molecule has 3 N–H and O–H groups in total. The van der Waals surface area contributed by atoms with Crippen LogP contribution in [0.4, 0.5) is 0 Å². The van der Waals surface area contributed by atoms with Crippen molar-refractivity contribution in [2.75, 3.05) is 0 Å². The Hall–Kier alpha value is -1.23. The Morgan fingerprint density at radius 3 is 2.00 bits per heavy atom. The summed E-state index contributed by atoms with van der Waals surface area (Å²) in [4.78, 5) is 11.3. The van der Waals surface area contributed by atoms with Gasteiger partial charge in [-0.1, -0.05) is 26.7 Å². The average molecular weight is 317 g/mol. The van der Waals surface area contributed by atoms with Crippen molar-refractivity contribution in [2.45, 2.75) is 39.5 Å². The van der Waals surface area contributed by atoms with Gasteiger partial charge in [-0.25, -0.2) is 4.79 Å². The van der Waals surface area contributed by atoms with E-state index >= 15 is 0 Å². The zero-order chi connectivity index (χ0) is 13.9. The van der Waals surface area contributed by atoms with Gasteiger partial charge in [0.15, 0.2) is 11.5 Å². The Morgan fingerprint density at radius 2 is 1.56 bits per heavy atom. The third-order valence-corrected chi connectivity index (χ3v) is 3.67. The minimum absolute atomic E-state index is 0.180. The number of halogens is 1. The van der Waals surface area contributed by atoms with Gasteiger partial charge in [-0.05, 0) is 39.9 Å². The minimum atomic E-state index is -1.21. The van der Waals surface area contributed by atoms with Gasteiger partial charge in [-0.2, -0.15) is 0 Å². The highest BCUT2D eigenvalue weighted by Crippen LogP contribution is 2.42. The Kier molecular flexibility index (Phi) is 5.02. The van der Waals surface area contributed by atoms with Crippen molar-refractivity contribution in [3.8, 4) is 11.5 Å². The van der Waals surface area contributed by atoms with E-state index in [9.17, 15) is 20.1 Å². The predicted octanol–water partition coefficient (Wildman–Crippen LogP) is 3.46. The van der Waals surface area contributed by atoms with E-state index in [2.05, 4.69) is 15.9 Å². The molecule has 0 spiro atoms. The van der Waals surface area contributed by atoms with Crippen molar-refractivity contribution in [3.63, 3.8) is 0 Å². The second-order valence-corrected chi connectivity index (χ2v) is 4.94. The summed E-state index contributed by atoms with van der Waals surface area (Å²) in [6, 6.07) is 0. The number of carboxylic acid groups (broad SMARTS) is 1. The second kappa shape index (κ2) is 6.09. The molecule has 0 saturated carbocycles. The first-order valence-electron chi connectivity index (χ1n) is 5.94. The van der Waals surface area contributed by atoms with Gasteiger partial charge < -0.3 is 15.3 Å². The molecule has 0 heterocycles.